The average molecular weight is 495 g/mol. The minimum absolute atomic E-state index is 0.0369. The van der Waals surface area contributed by atoms with E-state index in [0.29, 0.717) is 12.2 Å². The normalized spacial score (nSPS) is 16.4. The third kappa shape index (κ3) is 4.54. The highest BCUT2D eigenvalue weighted by molar-refractivity contribution is 7.93. The number of hydrogen-bond acceptors (Lipinski definition) is 8. The van der Waals surface area contributed by atoms with Crippen molar-refractivity contribution in [2.75, 3.05) is 23.2 Å². The minimum Gasteiger partial charge on any atom is -0.374 e. The molecule has 1 unspecified atom stereocenters. The summed E-state index contributed by atoms with van der Waals surface area (Å²) in [5.41, 5.74) is -4.99. The molecule has 0 bridgehead atoms. The monoisotopic (exact) mass is 494 g/mol. The molecule has 10 nitrogen and oxygen atoms in total. The number of alkyl halides is 3. The first-order valence-corrected chi connectivity index (χ1v) is 11.6. The van der Waals surface area contributed by atoms with Gasteiger partial charge in [0.15, 0.2) is 11.4 Å². The molecule has 180 valence electrons. The fourth-order valence-electron chi connectivity index (χ4n) is 3.61. The van der Waals surface area contributed by atoms with E-state index >= 15 is 0 Å². The van der Waals surface area contributed by atoms with Crippen LogP contribution in [0.3, 0.4) is 0 Å². The van der Waals surface area contributed by atoms with Crippen molar-refractivity contribution in [3.63, 3.8) is 0 Å². The highest BCUT2D eigenvalue weighted by Gasteiger charge is 2.46. The van der Waals surface area contributed by atoms with Gasteiger partial charge in [0, 0.05) is 25.3 Å². The van der Waals surface area contributed by atoms with Crippen LogP contribution in [-0.4, -0.2) is 37.1 Å². The SMILES string of the molecule is CC1CCN(C)c2cc(NS(=O)(=O)C(F)(F)F)c(N=Nc3nc(C#N)c(C#N)n3C(C)C)cc21. The van der Waals surface area contributed by atoms with Crippen LogP contribution in [0, 0.1) is 22.7 Å². The van der Waals surface area contributed by atoms with E-state index in [0.717, 1.165) is 12.0 Å². The molecular formula is C20H21F3N8O2S. The maximum atomic E-state index is 13.1. The molecule has 2 aromatic rings. The van der Waals surface area contributed by atoms with Crippen LogP contribution in [0.25, 0.3) is 0 Å². The smallest absolute Gasteiger partial charge is 0.374 e. The molecular weight excluding hydrogens is 473 g/mol. The number of hydrogen-bond donors (Lipinski definition) is 1. The van der Waals surface area contributed by atoms with Crippen LogP contribution in [0.15, 0.2) is 22.4 Å². The number of nitrogens with zero attached hydrogens (tertiary/aromatic N) is 7. The summed E-state index contributed by atoms with van der Waals surface area (Å²) < 4.78 is 65.7. The van der Waals surface area contributed by atoms with Crippen LogP contribution in [-0.2, 0) is 10.0 Å². The summed E-state index contributed by atoms with van der Waals surface area (Å²) in [6, 6.07) is 6.11. The summed E-state index contributed by atoms with van der Waals surface area (Å²) in [4.78, 5) is 5.80. The van der Waals surface area contributed by atoms with Crippen LogP contribution in [0.5, 0.6) is 0 Å². The summed E-state index contributed by atoms with van der Waals surface area (Å²) in [6.45, 7) is 6.03. The molecule has 1 aliphatic heterocycles. The van der Waals surface area contributed by atoms with Gasteiger partial charge in [-0.2, -0.15) is 37.1 Å². The standard InChI is InChI=1S/C20H21F3N8O2S/c1-11(2)31-18(10-25)16(9-24)26-19(31)28-27-14-7-13-12(3)5-6-30(4)17(13)8-15(14)29-34(32,33)20(21,22)23/h7-8,11-12,29H,5-6H2,1-4H3. The third-order valence-electron chi connectivity index (χ3n) is 5.40. The number of halogens is 3. The molecule has 0 saturated heterocycles. The molecule has 34 heavy (non-hydrogen) atoms. The van der Waals surface area contributed by atoms with Crippen molar-refractivity contribution in [2.45, 2.75) is 44.7 Å². The average Bonchev–Trinajstić information content (AvgIpc) is 3.12. The Kier molecular flexibility index (Phi) is 6.57. The molecule has 1 atom stereocenters. The first-order chi connectivity index (χ1) is 15.8. The van der Waals surface area contributed by atoms with Crippen molar-refractivity contribution in [2.24, 2.45) is 10.2 Å². The number of nitriles is 2. The van der Waals surface area contributed by atoms with Gasteiger partial charge in [-0.25, -0.2) is 0 Å². The number of nitrogens with one attached hydrogen (secondary N) is 1. The molecule has 14 heteroatoms. The zero-order valence-electron chi connectivity index (χ0n) is 18.7. The zero-order valence-corrected chi connectivity index (χ0v) is 19.5. The maximum absolute atomic E-state index is 13.1. The van der Waals surface area contributed by atoms with Crippen LogP contribution in [0.4, 0.5) is 36.2 Å². The Balaban J connectivity index is 2.19. The molecule has 0 fully saturated rings. The van der Waals surface area contributed by atoms with E-state index in [4.69, 9.17) is 0 Å². The summed E-state index contributed by atoms with van der Waals surface area (Å²) >= 11 is 0. The number of anilines is 2. The van der Waals surface area contributed by atoms with Crippen molar-refractivity contribution in [3.8, 4) is 12.1 Å². The number of rotatable bonds is 5. The van der Waals surface area contributed by atoms with Gasteiger partial charge in [-0.05, 0) is 43.9 Å². The number of imidazole rings is 1. The molecule has 0 aliphatic carbocycles. The van der Waals surface area contributed by atoms with Gasteiger partial charge in [-0.15, -0.1) is 10.2 Å². The summed E-state index contributed by atoms with van der Waals surface area (Å²) in [6.07, 6.45) is 0.780. The van der Waals surface area contributed by atoms with E-state index in [2.05, 4.69) is 15.2 Å². The third-order valence-corrected chi connectivity index (χ3v) is 6.50. The topological polar surface area (TPSA) is 140 Å². The van der Waals surface area contributed by atoms with Crippen molar-refractivity contribution in [1.29, 1.82) is 10.5 Å². The molecule has 1 aliphatic rings. The molecule has 3 rings (SSSR count). The quantitative estimate of drug-likeness (QED) is 0.591. The predicted octanol–water partition coefficient (Wildman–Crippen LogP) is 4.83. The molecule has 0 spiro atoms. The van der Waals surface area contributed by atoms with E-state index in [1.807, 2.05) is 17.9 Å². The van der Waals surface area contributed by atoms with Crippen molar-refractivity contribution >= 4 is 33.0 Å². The molecule has 0 amide bonds. The molecule has 1 aromatic heterocycles. The second-order valence-electron chi connectivity index (χ2n) is 8.09. The van der Waals surface area contributed by atoms with Gasteiger partial charge < -0.3 is 4.90 Å². The first-order valence-electron chi connectivity index (χ1n) is 10.1. The van der Waals surface area contributed by atoms with Gasteiger partial charge in [0.2, 0.25) is 0 Å². The highest BCUT2D eigenvalue weighted by atomic mass is 32.2. The van der Waals surface area contributed by atoms with Gasteiger partial charge in [0.05, 0.1) is 5.69 Å². The fraction of sp³-hybridized carbons (Fsp3) is 0.450. The Bertz CT molecular complexity index is 1330. The van der Waals surface area contributed by atoms with E-state index in [-0.39, 0.29) is 35.0 Å². The first kappa shape index (κ1) is 25.0. The minimum atomic E-state index is -5.72. The van der Waals surface area contributed by atoms with E-state index in [1.54, 1.807) is 31.7 Å². The Morgan fingerprint density at radius 1 is 1.24 bits per heavy atom. The van der Waals surface area contributed by atoms with E-state index < -0.39 is 21.2 Å². The largest absolute Gasteiger partial charge is 0.516 e. The molecule has 2 heterocycles. The highest BCUT2D eigenvalue weighted by Crippen LogP contribution is 2.42. The lowest BCUT2D eigenvalue weighted by atomic mass is 9.91. The zero-order chi connectivity index (χ0) is 25.4. The lowest BCUT2D eigenvalue weighted by Crippen LogP contribution is -2.30. The predicted molar refractivity (Wildman–Crippen MR) is 118 cm³/mol. The lowest BCUT2D eigenvalue weighted by molar-refractivity contribution is -0.0429. The Morgan fingerprint density at radius 3 is 2.47 bits per heavy atom. The van der Waals surface area contributed by atoms with Crippen molar-refractivity contribution < 1.29 is 21.6 Å². The number of aromatic nitrogens is 2. The van der Waals surface area contributed by atoms with Crippen LogP contribution in [0.1, 0.15) is 56.1 Å². The van der Waals surface area contributed by atoms with Gasteiger partial charge in [0.1, 0.15) is 17.8 Å². The van der Waals surface area contributed by atoms with Gasteiger partial charge in [0.25, 0.3) is 5.95 Å². The molecule has 1 N–H and O–H groups in total. The number of sulfonamides is 1. The maximum Gasteiger partial charge on any atom is 0.516 e. The van der Waals surface area contributed by atoms with E-state index in [9.17, 15) is 32.1 Å². The van der Waals surface area contributed by atoms with Crippen molar-refractivity contribution in [1.82, 2.24) is 9.55 Å². The molecule has 0 radical (unpaired) electrons. The van der Waals surface area contributed by atoms with Crippen LogP contribution < -0.4 is 9.62 Å². The summed E-state index contributed by atoms with van der Waals surface area (Å²) in [7, 11) is -3.97. The Morgan fingerprint density at radius 2 is 1.91 bits per heavy atom. The second kappa shape index (κ2) is 8.95. The number of fused-ring (bicyclic) bond motifs is 1. The van der Waals surface area contributed by atoms with Gasteiger partial charge in [-0.1, -0.05) is 6.92 Å². The Hall–Kier alpha value is -3.65. The van der Waals surface area contributed by atoms with Crippen molar-refractivity contribution in [3.05, 3.63) is 29.1 Å². The molecule has 1 aromatic carbocycles. The number of benzene rings is 1. The molecule has 0 saturated carbocycles. The van der Waals surface area contributed by atoms with Gasteiger partial charge in [-0.3, -0.25) is 9.29 Å². The Labute approximate surface area is 194 Å². The van der Waals surface area contributed by atoms with Crippen LogP contribution in [0.2, 0.25) is 0 Å². The van der Waals surface area contributed by atoms with Crippen LogP contribution >= 0.6 is 0 Å². The summed E-state index contributed by atoms with van der Waals surface area (Å²) in [5, 5.41) is 26.6. The fourth-order valence-corrected chi connectivity index (χ4v) is 4.18. The van der Waals surface area contributed by atoms with Gasteiger partial charge >= 0.3 is 15.5 Å². The second-order valence-corrected chi connectivity index (χ2v) is 9.76. The number of azo groups is 1. The summed E-state index contributed by atoms with van der Waals surface area (Å²) in [5.74, 6) is -0.0722. The lowest BCUT2D eigenvalue weighted by Gasteiger charge is -2.32. The van der Waals surface area contributed by atoms with E-state index in [1.165, 1.54) is 16.7 Å².